The summed E-state index contributed by atoms with van der Waals surface area (Å²) < 4.78 is 6.73. The Balaban J connectivity index is 2.26. The van der Waals surface area contributed by atoms with Crippen molar-refractivity contribution < 1.29 is 4.74 Å². The van der Waals surface area contributed by atoms with Crippen molar-refractivity contribution in [2.24, 2.45) is 0 Å². The van der Waals surface area contributed by atoms with Crippen LogP contribution in [0, 0.1) is 12.3 Å². The van der Waals surface area contributed by atoms with Crippen LogP contribution in [-0.4, -0.2) is 33.1 Å². The molecule has 0 amide bonds. The molecule has 5 nitrogen and oxygen atoms in total. The number of tetrazole rings is 1. The van der Waals surface area contributed by atoms with E-state index in [9.17, 15) is 0 Å². The average Bonchev–Trinajstić information content (AvgIpc) is 2.84. The summed E-state index contributed by atoms with van der Waals surface area (Å²) in [7, 11) is 1.63. The Kier molecular flexibility index (Phi) is 3.62. The Bertz CT molecular complexity index is 529. The Morgan fingerprint density at radius 2 is 2.18 bits per heavy atom. The monoisotopic (exact) mass is 246 g/mol. The molecule has 17 heavy (non-hydrogen) atoms. The van der Waals surface area contributed by atoms with Crippen LogP contribution in [0.15, 0.2) is 29.4 Å². The summed E-state index contributed by atoms with van der Waals surface area (Å²) in [6.07, 6.45) is 5.21. The summed E-state index contributed by atoms with van der Waals surface area (Å²) in [6, 6.07) is 7.48. The molecule has 0 atom stereocenters. The maximum atomic E-state index is 5.21. The lowest BCUT2D eigenvalue weighted by molar-refractivity contribution is 0.414. The summed E-state index contributed by atoms with van der Waals surface area (Å²) in [5.41, 5.74) is 0.871. The summed E-state index contributed by atoms with van der Waals surface area (Å²) in [4.78, 5) is 0. The molecule has 2 rings (SSSR count). The molecule has 0 N–H and O–H groups in total. The maximum Gasteiger partial charge on any atom is 0.215 e. The van der Waals surface area contributed by atoms with Gasteiger partial charge in [0, 0.05) is 0 Å². The van der Waals surface area contributed by atoms with Crippen LogP contribution in [0.3, 0.4) is 0 Å². The summed E-state index contributed by atoms with van der Waals surface area (Å²) >= 11 is 1.42. The van der Waals surface area contributed by atoms with Gasteiger partial charge in [-0.25, -0.2) is 0 Å². The van der Waals surface area contributed by atoms with Gasteiger partial charge in [-0.05, 0) is 34.7 Å². The van der Waals surface area contributed by atoms with Crippen LogP contribution in [0.1, 0.15) is 0 Å². The van der Waals surface area contributed by atoms with Gasteiger partial charge in [-0.1, -0.05) is 17.7 Å². The summed E-state index contributed by atoms with van der Waals surface area (Å²) in [5, 5.41) is 12.1. The van der Waals surface area contributed by atoms with Crippen molar-refractivity contribution in [3.05, 3.63) is 24.3 Å². The van der Waals surface area contributed by atoms with E-state index in [-0.39, 0.29) is 0 Å². The van der Waals surface area contributed by atoms with E-state index < -0.39 is 0 Å². The summed E-state index contributed by atoms with van der Waals surface area (Å²) in [6.45, 7) is 0. The van der Waals surface area contributed by atoms with E-state index in [1.807, 2.05) is 24.3 Å². The number of aromatic nitrogens is 4. The highest BCUT2D eigenvalue weighted by molar-refractivity contribution is 7.99. The fourth-order valence-electron chi connectivity index (χ4n) is 1.26. The molecule has 2 aromatic rings. The smallest absolute Gasteiger partial charge is 0.215 e. The van der Waals surface area contributed by atoms with Gasteiger partial charge in [-0.2, -0.15) is 4.68 Å². The Morgan fingerprint density at radius 3 is 2.82 bits per heavy atom. The molecule has 1 aromatic heterocycles. The predicted molar refractivity (Wildman–Crippen MR) is 65.3 cm³/mol. The average molecular weight is 246 g/mol. The van der Waals surface area contributed by atoms with E-state index in [1.54, 1.807) is 11.8 Å². The number of rotatable bonds is 4. The molecule has 0 unspecified atom stereocenters. The quantitative estimate of drug-likeness (QED) is 0.603. The third-order valence-electron chi connectivity index (χ3n) is 2.04. The van der Waals surface area contributed by atoms with Gasteiger partial charge in [-0.3, -0.25) is 0 Å². The van der Waals surface area contributed by atoms with Crippen LogP contribution < -0.4 is 4.74 Å². The number of hydrogen-bond acceptors (Lipinski definition) is 5. The standard InChI is InChI=1S/C11H10N4OS/c1-3-8-17-11-12-13-14-15(11)9-4-6-10(16-2)7-5-9/h1,4-7H,8H2,2H3. The second kappa shape index (κ2) is 5.37. The lowest BCUT2D eigenvalue weighted by atomic mass is 10.3. The molecular formula is C11H10N4OS. The Labute approximate surface area is 103 Å². The van der Waals surface area contributed by atoms with Gasteiger partial charge < -0.3 is 4.74 Å². The van der Waals surface area contributed by atoms with Gasteiger partial charge in [0.1, 0.15) is 5.75 Å². The van der Waals surface area contributed by atoms with E-state index in [0.29, 0.717) is 10.9 Å². The first-order valence-corrected chi connectivity index (χ1v) is 5.83. The van der Waals surface area contributed by atoms with Crippen LogP contribution in [0.25, 0.3) is 5.69 Å². The predicted octanol–water partition coefficient (Wildman–Crippen LogP) is 1.40. The van der Waals surface area contributed by atoms with Gasteiger partial charge >= 0.3 is 0 Å². The van der Waals surface area contributed by atoms with Gasteiger partial charge in [0.15, 0.2) is 0 Å². The third-order valence-corrected chi connectivity index (χ3v) is 2.87. The molecule has 0 saturated carbocycles. The number of nitrogens with zero attached hydrogens (tertiary/aromatic N) is 4. The van der Waals surface area contributed by atoms with E-state index in [1.165, 1.54) is 11.8 Å². The minimum absolute atomic E-state index is 0.538. The lowest BCUT2D eigenvalue weighted by Gasteiger charge is -2.04. The van der Waals surface area contributed by atoms with Crippen molar-refractivity contribution in [3.8, 4) is 23.8 Å². The van der Waals surface area contributed by atoms with E-state index in [0.717, 1.165) is 11.4 Å². The zero-order valence-corrected chi connectivity index (χ0v) is 10.0. The SMILES string of the molecule is C#CCSc1nnnn1-c1ccc(OC)cc1. The van der Waals surface area contributed by atoms with E-state index in [4.69, 9.17) is 11.2 Å². The third kappa shape index (κ3) is 2.57. The first-order valence-electron chi connectivity index (χ1n) is 4.84. The molecule has 1 heterocycles. The molecule has 0 bridgehead atoms. The topological polar surface area (TPSA) is 52.8 Å². The van der Waals surface area contributed by atoms with Crippen LogP contribution in [0.5, 0.6) is 5.75 Å². The van der Waals surface area contributed by atoms with Crippen molar-refractivity contribution in [2.45, 2.75) is 5.16 Å². The van der Waals surface area contributed by atoms with Crippen LogP contribution in [0.2, 0.25) is 0 Å². The molecule has 6 heteroatoms. The second-order valence-corrected chi connectivity index (χ2v) is 4.01. The second-order valence-electron chi connectivity index (χ2n) is 3.06. The Hall–Kier alpha value is -2.00. The minimum atomic E-state index is 0.538. The number of benzene rings is 1. The van der Waals surface area contributed by atoms with Crippen molar-refractivity contribution >= 4 is 11.8 Å². The number of ether oxygens (including phenoxy) is 1. The van der Waals surface area contributed by atoms with Crippen molar-refractivity contribution in [2.75, 3.05) is 12.9 Å². The van der Waals surface area contributed by atoms with Crippen molar-refractivity contribution in [3.63, 3.8) is 0 Å². The minimum Gasteiger partial charge on any atom is -0.497 e. The highest BCUT2D eigenvalue weighted by atomic mass is 32.2. The largest absolute Gasteiger partial charge is 0.497 e. The molecule has 0 aliphatic rings. The first-order chi connectivity index (χ1) is 8.35. The molecule has 0 fully saturated rings. The van der Waals surface area contributed by atoms with Gasteiger partial charge in [0.2, 0.25) is 5.16 Å². The zero-order valence-electron chi connectivity index (χ0n) is 9.20. The number of methoxy groups -OCH3 is 1. The van der Waals surface area contributed by atoms with Crippen LogP contribution >= 0.6 is 11.8 Å². The molecule has 0 radical (unpaired) electrons. The highest BCUT2D eigenvalue weighted by Gasteiger charge is 2.07. The zero-order chi connectivity index (χ0) is 12.1. The molecule has 0 spiro atoms. The highest BCUT2D eigenvalue weighted by Crippen LogP contribution is 2.19. The molecule has 0 aliphatic carbocycles. The first kappa shape index (κ1) is 11.5. The number of hydrogen-bond donors (Lipinski definition) is 0. The molecule has 86 valence electrons. The van der Waals surface area contributed by atoms with Crippen LogP contribution in [0.4, 0.5) is 0 Å². The molecular weight excluding hydrogens is 236 g/mol. The van der Waals surface area contributed by atoms with Gasteiger partial charge in [0.25, 0.3) is 0 Å². The normalized spacial score (nSPS) is 9.88. The fourth-order valence-corrected chi connectivity index (χ4v) is 1.83. The van der Waals surface area contributed by atoms with Crippen molar-refractivity contribution in [1.29, 1.82) is 0 Å². The fraction of sp³-hybridized carbons (Fsp3) is 0.182. The number of terminal acetylenes is 1. The molecule has 0 aliphatic heterocycles. The molecule has 0 saturated heterocycles. The van der Waals surface area contributed by atoms with E-state index >= 15 is 0 Å². The lowest BCUT2D eigenvalue weighted by Crippen LogP contribution is -1.99. The molecule has 1 aromatic carbocycles. The van der Waals surface area contributed by atoms with E-state index in [2.05, 4.69) is 21.4 Å². The maximum absolute atomic E-state index is 5.21. The number of thioether (sulfide) groups is 1. The van der Waals surface area contributed by atoms with Gasteiger partial charge in [-0.15, -0.1) is 11.5 Å². The summed E-state index contributed by atoms with van der Waals surface area (Å²) in [5.74, 6) is 3.87. The van der Waals surface area contributed by atoms with Crippen LogP contribution in [-0.2, 0) is 0 Å². The van der Waals surface area contributed by atoms with Crippen molar-refractivity contribution in [1.82, 2.24) is 20.2 Å². The van der Waals surface area contributed by atoms with Gasteiger partial charge in [0.05, 0.1) is 18.6 Å². The Morgan fingerprint density at radius 1 is 1.41 bits per heavy atom.